The fourth-order valence-electron chi connectivity index (χ4n) is 3.68. The number of alkyl halides is 6. The first-order valence-electron chi connectivity index (χ1n) is 12.9. The Kier molecular flexibility index (Phi) is 13.0. The fourth-order valence-corrected chi connectivity index (χ4v) is 3.68. The molecule has 13 nitrogen and oxygen atoms in total. The second-order valence-electron chi connectivity index (χ2n) is 9.52. The molecule has 0 amide bonds. The number of nitrogens with zero attached hydrogens (tertiary/aromatic N) is 7. The van der Waals surface area contributed by atoms with Crippen molar-refractivity contribution >= 4 is 66.5 Å². The van der Waals surface area contributed by atoms with E-state index < -0.39 is 31.3 Å². The Bertz CT molecular complexity index is 1650. The maximum atomic E-state index is 10.7. The molecular formula is C27H24CuF6N7O6S2-3. The molecule has 8 bridgehead atoms. The Morgan fingerprint density at radius 2 is 0.714 bits per heavy atom. The average Bonchev–Trinajstić information content (AvgIpc) is 3.02. The van der Waals surface area contributed by atoms with Gasteiger partial charge in [0.1, 0.15) is 34.9 Å². The largest absolute Gasteiger partial charge is 0.741 e. The van der Waals surface area contributed by atoms with Gasteiger partial charge in [-0.15, -0.1) is 18.2 Å². The monoisotopic (exact) mass is 783 g/mol. The van der Waals surface area contributed by atoms with Gasteiger partial charge < -0.3 is 28.7 Å². The quantitative estimate of drug-likeness (QED) is 0.0756. The molecule has 0 saturated carbocycles. The van der Waals surface area contributed by atoms with Crippen LogP contribution in [0.2, 0.25) is 0 Å². The van der Waals surface area contributed by atoms with Crippen LogP contribution < -0.4 is 19.6 Å². The van der Waals surface area contributed by atoms with E-state index in [2.05, 4.69) is 6.07 Å². The van der Waals surface area contributed by atoms with Crippen LogP contribution in [0, 0.1) is 6.07 Å². The summed E-state index contributed by atoms with van der Waals surface area (Å²) in [5.74, 6) is 4.87. The Morgan fingerprint density at radius 1 is 0.510 bits per heavy atom. The van der Waals surface area contributed by atoms with E-state index >= 15 is 0 Å². The molecule has 3 aromatic heterocycles. The molecule has 1 radical (unpaired) electrons. The molecule has 4 heterocycles. The molecule has 5 rings (SSSR count). The van der Waals surface area contributed by atoms with Crippen LogP contribution in [0.3, 0.4) is 0 Å². The molecule has 0 N–H and O–H groups in total. The van der Waals surface area contributed by atoms with Gasteiger partial charge in [0.2, 0.25) is 0 Å². The molecule has 0 aliphatic carbocycles. The number of hydrogen-bond donors (Lipinski definition) is 0. The van der Waals surface area contributed by atoms with Gasteiger partial charge in [0.25, 0.3) is 0 Å². The number of rotatable bonds is 0. The van der Waals surface area contributed by atoms with Crippen LogP contribution in [0.15, 0.2) is 72.8 Å². The zero-order valence-corrected chi connectivity index (χ0v) is 28.0. The van der Waals surface area contributed by atoms with E-state index in [0.29, 0.717) is 0 Å². The summed E-state index contributed by atoms with van der Waals surface area (Å²) < 4.78 is 118. The average molecular weight is 784 g/mol. The second kappa shape index (κ2) is 15.6. The van der Waals surface area contributed by atoms with E-state index in [0.717, 1.165) is 46.3 Å². The summed E-state index contributed by atoms with van der Waals surface area (Å²) >= 11 is 0. The molecule has 4 aromatic rings. The molecule has 22 heteroatoms. The van der Waals surface area contributed by atoms with Gasteiger partial charge in [-0.05, 0) is 36.4 Å². The van der Waals surface area contributed by atoms with Crippen LogP contribution in [-0.4, -0.2) is 80.1 Å². The number of anilines is 8. The second-order valence-corrected chi connectivity index (χ2v) is 12.3. The van der Waals surface area contributed by atoms with Crippen LogP contribution in [0.5, 0.6) is 0 Å². The topological polar surface area (TPSA) is 166 Å². The third-order valence-electron chi connectivity index (χ3n) is 6.27. The number of fused-ring (bicyclic) bond motifs is 8. The zero-order valence-electron chi connectivity index (χ0n) is 25.4. The van der Waals surface area contributed by atoms with Crippen molar-refractivity contribution in [1.82, 2.24) is 15.0 Å². The molecular weight excluding hydrogens is 760 g/mol. The smallest absolute Gasteiger partial charge is 0.485 e. The van der Waals surface area contributed by atoms with Gasteiger partial charge in [0.05, 0.1) is 0 Å². The summed E-state index contributed by atoms with van der Waals surface area (Å²) in [7, 11) is -4.24. The van der Waals surface area contributed by atoms with Crippen molar-refractivity contribution in [2.75, 3.05) is 47.8 Å². The standard InChI is InChI=1S/C25H24N7.2CHF3O3S.Cu/c1-29-18-9-5-10-19(17-18)30(2)21-12-7-14-23(27-21)32(4)25-16-8-15-24(28-25)31(3)22-13-6-11-20(29)26-22;2*2-1(3,4)8(5,6)7;/h5-16H,1-4H3;2*(H,5,6,7);/q-1;;;/p-2. The van der Waals surface area contributed by atoms with Crippen LogP contribution in [0.4, 0.5) is 72.6 Å². The van der Waals surface area contributed by atoms with Crippen molar-refractivity contribution in [3.63, 3.8) is 0 Å². The van der Waals surface area contributed by atoms with E-state index in [1.54, 1.807) is 0 Å². The number of aromatic nitrogens is 3. The van der Waals surface area contributed by atoms with Crippen LogP contribution in [0.25, 0.3) is 0 Å². The third-order valence-corrected chi connectivity index (χ3v) is 7.41. The van der Waals surface area contributed by atoms with Gasteiger partial charge in [-0.25, -0.2) is 31.8 Å². The Labute approximate surface area is 287 Å². The molecule has 0 fully saturated rings. The SMILES string of the molecule is CN1c2[c-]c(ccc2)N(C)c2cccc(n2)N(C)c2cccc(n2)N(C)c2cccc1n2.O=S(=O)([O-])C(F)(F)F.O=S(=O)([O-])C(F)(F)F.[Cu]. The third kappa shape index (κ3) is 10.4. The van der Waals surface area contributed by atoms with Crippen LogP contribution in [0.1, 0.15) is 0 Å². The molecule has 1 aliphatic rings. The molecule has 0 unspecified atom stereocenters. The van der Waals surface area contributed by atoms with E-state index in [1.807, 2.05) is 121 Å². The van der Waals surface area contributed by atoms with Crippen molar-refractivity contribution in [3.8, 4) is 0 Å². The molecule has 1 aromatic carbocycles. The number of benzene rings is 1. The first kappa shape index (κ1) is 41.0. The van der Waals surface area contributed by atoms with Crippen molar-refractivity contribution in [3.05, 3.63) is 78.9 Å². The molecule has 49 heavy (non-hydrogen) atoms. The van der Waals surface area contributed by atoms with Gasteiger partial charge in [-0.2, -0.15) is 32.4 Å². The first-order valence-corrected chi connectivity index (χ1v) is 15.8. The summed E-state index contributed by atoms with van der Waals surface area (Å²) in [6.45, 7) is 0. The maximum Gasteiger partial charge on any atom is 0.485 e. The summed E-state index contributed by atoms with van der Waals surface area (Å²) in [6, 6.07) is 27.5. The molecule has 271 valence electrons. The summed E-state index contributed by atoms with van der Waals surface area (Å²) in [4.78, 5) is 22.7. The van der Waals surface area contributed by atoms with E-state index in [9.17, 15) is 26.3 Å². The minimum absolute atomic E-state index is 0. The number of halogens is 6. The summed E-state index contributed by atoms with van der Waals surface area (Å²) in [5, 5.41) is 0. The van der Waals surface area contributed by atoms with Gasteiger partial charge in [0.15, 0.2) is 20.2 Å². The fraction of sp³-hybridized carbons (Fsp3) is 0.222. The predicted molar refractivity (Wildman–Crippen MR) is 162 cm³/mol. The minimum atomic E-state index is -6.09. The van der Waals surface area contributed by atoms with Crippen LogP contribution >= 0.6 is 0 Å². The van der Waals surface area contributed by atoms with E-state index in [-0.39, 0.29) is 17.1 Å². The van der Waals surface area contributed by atoms with Gasteiger partial charge in [-0.1, -0.05) is 29.6 Å². The van der Waals surface area contributed by atoms with E-state index in [4.69, 9.17) is 40.9 Å². The maximum absolute atomic E-state index is 10.7. The Hall–Kier alpha value is -4.21. The number of hydrogen-bond acceptors (Lipinski definition) is 13. The molecule has 1 aliphatic heterocycles. The Morgan fingerprint density at radius 3 is 0.939 bits per heavy atom. The van der Waals surface area contributed by atoms with Crippen molar-refractivity contribution in [2.45, 2.75) is 11.0 Å². The molecule has 0 atom stereocenters. The van der Waals surface area contributed by atoms with Gasteiger partial charge >= 0.3 is 11.0 Å². The Balaban J connectivity index is 0.000000410. The van der Waals surface area contributed by atoms with Crippen LogP contribution in [-0.2, 0) is 37.3 Å². The van der Waals surface area contributed by atoms with Crippen molar-refractivity contribution < 1.29 is 69.4 Å². The number of pyridine rings is 3. The zero-order chi connectivity index (χ0) is 36.2. The minimum Gasteiger partial charge on any atom is -0.741 e. The first-order chi connectivity index (χ1) is 22.0. The molecule has 0 spiro atoms. The normalized spacial score (nSPS) is 13.3. The van der Waals surface area contributed by atoms with Gasteiger partial charge in [-0.3, -0.25) is 0 Å². The van der Waals surface area contributed by atoms with E-state index in [1.165, 1.54) is 0 Å². The summed E-state index contributed by atoms with van der Waals surface area (Å²) in [5.41, 5.74) is -9.45. The van der Waals surface area contributed by atoms with Crippen molar-refractivity contribution in [1.29, 1.82) is 0 Å². The van der Waals surface area contributed by atoms with Crippen molar-refractivity contribution in [2.24, 2.45) is 0 Å². The summed E-state index contributed by atoms with van der Waals surface area (Å²) in [6.07, 6.45) is 0. The van der Waals surface area contributed by atoms with Gasteiger partial charge in [0, 0.05) is 45.3 Å². The molecule has 0 saturated heterocycles. The predicted octanol–water partition coefficient (Wildman–Crippen LogP) is 5.16.